The van der Waals surface area contributed by atoms with E-state index in [2.05, 4.69) is 4.98 Å². The lowest BCUT2D eigenvalue weighted by Crippen LogP contribution is -2.42. The zero-order valence-electron chi connectivity index (χ0n) is 10.7. The summed E-state index contributed by atoms with van der Waals surface area (Å²) in [5.41, 5.74) is 0.503. The highest BCUT2D eigenvalue weighted by Crippen LogP contribution is 2.21. The van der Waals surface area contributed by atoms with Crippen LogP contribution in [-0.4, -0.2) is 58.4 Å². The summed E-state index contributed by atoms with van der Waals surface area (Å²) in [6.07, 6.45) is 3.07. The van der Waals surface area contributed by atoms with Crippen LogP contribution in [0.25, 0.3) is 0 Å². The third-order valence-corrected chi connectivity index (χ3v) is 3.51. The smallest absolute Gasteiger partial charge is 0.417 e. The normalized spacial score (nSPS) is 22.3. The molecule has 0 aromatic carbocycles. The van der Waals surface area contributed by atoms with Crippen molar-refractivity contribution < 1.29 is 19.1 Å². The quantitative estimate of drug-likeness (QED) is 0.774. The van der Waals surface area contributed by atoms with Gasteiger partial charge >= 0.3 is 6.09 Å². The fraction of sp³-hybridized carbons (Fsp3) is 0.385. The number of aromatic nitrogens is 1. The number of nitrogens with zero attached hydrogens (tertiary/aromatic N) is 3. The standard InChI is InChI=1S/C13H13N3O4/c17-11-8-20-13(19)16(11)10-3-5-15(7-10)12(18)9-2-1-4-14-6-9/h1-2,4,6,10H,3,5,7-8H2/t10-/m1/s1. The Kier molecular flexibility index (Phi) is 3.09. The maximum Gasteiger partial charge on any atom is 0.417 e. The van der Waals surface area contributed by atoms with E-state index in [1.807, 2.05) is 0 Å². The fourth-order valence-corrected chi connectivity index (χ4v) is 2.53. The molecule has 7 heteroatoms. The number of imide groups is 1. The van der Waals surface area contributed by atoms with Gasteiger partial charge in [0, 0.05) is 25.5 Å². The van der Waals surface area contributed by atoms with Crippen LogP contribution in [0.2, 0.25) is 0 Å². The van der Waals surface area contributed by atoms with E-state index in [4.69, 9.17) is 4.74 Å². The van der Waals surface area contributed by atoms with E-state index in [9.17, 15) is 14.4 Å². The Bertz CT molecular complexity index is 544. The zero-order valence-corrected chi connectivity index (χ0v) is 10.7. The van der Waals surface area contributed by atoms with E-state index in [-0.39, 0.29) is 24.5 Å². The van der Waals surface area contributed by atoms with Gasteiger partial charge in [-0.3, -0.25) is 14.6 Å². The van der Waals surface area contributed by atoms with Crippen LogP contribution >= 0.6 is 0 Å². The lowest BCUT2D eigenvalue weighted by atomic mass is 10.2. The molecule has 0 unspecified atom stereocenters. The molecule has 0 spiro atoms. The number of hydrogen-bond acceptors (Lipinski definition) is 5. The lowest BCUT2D eigenvalue weighted by molar-refractivity contribution is -0.127. The molecule has 3 amide bonds. The number of carbonyl (C=O) groups excluding carboxylic acids is 3. The van der Waals surface area contributed by atoms with Gasteiger partial charge in [-0.25, -0.2) is 9.69 Å². The van der Waals surface area contributed by atoms with Crippen molar-refractivity contribution in [2.24, 2.45) is 0 Å². The third-order valence-electron chi connectivity index (χ3n) is 3.51. The molecular formula is C13H13N3O4. The summed E-state index contributed by atoms with van der Waals surface area (Å²) in [6.45, 7) is 0.649. The van der Waals surface area contributed by atoms with E-state index in [0.29, 0.717) is 25.1 Å². The summed E-state index contributed by atoms with van der Waals surface area (Å²) >= 11 is 0. The Labute approximate surface area is 115 Å². The first kappa shape index (κ1) is 12.6. The summed E-state index contributed by atoms with van der Waals surface area (Å²) in [6, 6.07) is 3.10. The van der Waals surface area contributed by atoms with Crippen molar-refractivity contribution in [3.05, 3.63) is 30.1 Å². The van der Waals surface area contributed by atoms with E-state index in [1.165, 1.54) is 6.20 Å². The minimum atomic E-state index is -0.615. The predicted octanol–water partition coefficient (Wildman–Crippen LogP) is 0.275. The third kappa shape index (κ3) is 2.11. The molecule has 2 aliphatic rings. The maximum atomic E-state index is 12.2. The van der Waals surface area contributed by atoms with Gasteiger partial charge in [0.25, 0.3) is 11.8 Å². The van der Waals surface area contributed by atoms with Crippen LogP contribution < -0.4 is 0 Å². The van der Waals surface area contributed by atoms with Gasteiger partial charge in [-0.05, 0) is 18.6 Å². The van der Waals surface area contributed by atoms with Crippen LogP contribution in [0.15, 0.2) is 24.5 Å². The average molecular weight is 275 g/mol. The number of hydrogen-bond donors (Lipinski definition) is 0. The first-order valence-electron chi connectivity index (χ1n) is 6.35. The van der Waals surface area contributed by atoms with Crippen LogP contribution in [0, 0.1) is 0 Å². The Morgan fingerprint density at radius 3 is 2.90 bits per heavy atom. The van der Waals surface area contributed by atoms with Crippen molar-refractivity contribution in [2.75, 3.05) is 19.7 Å². The molecule has 2 aliphatic heterocycles. The molecule has 1 atom stereocenters. The summed E-state index contributed by atoms with van der Waals surface area (Å²) in [5.74, 6) is -0.476. The average Bonchev–Trinajstić information content (AvgIpc) is 3.06. The number of pyridine rings is 1. The number of cyclic esters (lactones) is 1. The van der Waals surface area contributed by atoms with E-state index >= 15 is 0 Å². The fourth-order valence-electron chi connectivity index (χ4n) is 2.53. The van der Waals surface area contributed by atoms with Gasteiger partial charge in [0.1, 0.15) is 0 Å². The lowest BCUT2D eigenvalue weighted by Gasteiger charge is -2.20. The number of ether oxygens (including phenoxy) is 1. The van der Waals surface area contributed by atoms with E-state index < -0.39 is 6.09 Å². The number of rotatable bonds is 2. The molecule has 20 heavy (non-hydrogen) atoms. The maximum absolute atomic E-state index is 12.2. The second kappa shape index (κ2) is 4.92. The molecule has 2 fully saturated rings. The van der Waals surface area contributed by atoms with Crippen molar-refractivity contribution in [3.63, 3.8) is 0 Å². The summed E-state index contributed by atoms with van der Waals surface area (Å²) in [7, 11) is 0. The summed E-state index contributed by atoms with van der Waals surface area (Å²) in [4.78, 5) is 42.0. The minimum absolute atomic E-state index is 0.138. The van der Waals surface area contributed by atoms with Crippen LogP contribution in [0.4, 0.5) is 4.79 Å². The van der Waals surface area contributed by atoms with Gasteiger partial charge in [-0.15, -0.1) is 0 Å². The molecule has 104 valence electrons. The second-order valence-electron chi connectivity index (χ2n) is 4.75. The van der Waals surface area contributed by atoms with Crippen LogP contribution in [0.3, 0.4) is 0 Å². The molecule has 7 nitrogen and oxygen atoms in total. The zero-order chi connectivity index (χ0) is 14.1. The molecule has 0 radical (unpaired) electrons. The van der Waals surface area contributed by atoms with Crippen LogP contribution in [-0.2, 0) is 9.53 Å². The Balaban J connectivity index is 1.69. The van der Waals surface area contributed by atoms with Gasteiger partial charge in [0.15, 0.2) is 6.61 Å². The number of carbonyl (C=O) groups is 3. The monoisotopic (exact) mass is 275 g/mol. The predicted molar refractivity (Wildman–Crippen MR) is 66.7 cm³/mol. The van der Waals surface area contributed by atoms with Crippen molar-refractivity contribution >= 4 is 17.9 Å². The molecule has 0 saturated carbocycles. The Hall–Kier alpha value is -2.44. The highest BCUT2D eigenvalue weighted by molar-refractivity contribution is 5.98. The first-order valence-corrected chi connectivity index (χ1v) is 6.35. The van der Waals surface area contributed by atoms with Gasteiger partial charge in [0.05, 0.1) is 11.6 Å². The molecule has 3 rings (SSSR count). The van der Waals surface area contributed by atoms with Crippen LogP contribution in [0.5, 0.6) is 0 Å². The van der Waals surface area contributed by atoms with Crippen molar-refractivity contribution in [3.8, 4) is 0 Å². The van der Waals surface area contributed by atoms with Crippen molar-refractivity contribution in [2.45, 2.75) is 12.5 Å². The highest BCUT2D eigenvalue weighted by Gasteiger charge is 2.41. The Morgan fingerprint density at radius 2 is 2.25 bits per heavy atom. The molecule has 3 heterocycles. The second-order valence-corrected chi connectivity index (χ2v) is 4.75. The molecular weight excluding hydrogens is 262 g/mol. The van der Waals surface area contributed by atoms with Gasteiger partial charge in [0.2, 0.25) is 0 Å². The molecule has 2 saturated heterocycles. The number of amides is 3. The Morgan fingerprint density at radius 1 is 1.40 bits per heavy atom. The molecule has 0 bridgehead atoms. The largest absolute Gasteiger partial charge is 0.439 e. The van der Waals surface area contributed by atoms with Gasteiger partial charge in [-0.2, -0.15) is 0 Å². The van der Waals surface area contributed by atoms with Crippen molar-refractivity contribution in [1.82, 2.24) is 14.8 Å². The molecule has 1 aromatic heterocycles. The number of likely N-dealkylation sites (tertiary alicyclic amines) is 1. The van der Waals surface area contributed by atoms with Gasteiger partial charge < -0.3 is 9.64 Å². The van der Waals surface area contributed by atoms with Crippen molar-refractivity contribution in [1.29, 1.82) is 0 Å². The van der Waals surface area contributed by atoms with E-state index in [1.54, 1.807) is 23.2 Å². The summed E-state index contributed by atoms with van der Waals surface area (Å²) < 4.78 is 4.69. The topological polar surface area (TPSA) is 79.8 Å². The SMILES string of the molecule is O=C(c1cccnc1)N1CC[C@@H](N2C(=O)COC2=O)C1. The molecule has 1 aromatic rings. The molecule has 0 aliphatic carbocycles. The minimum Gasteiger partial charge on any atom is -0.439 e. The van der Waals surface area contributed by atoms with Gasteiger partial charge in [-0.1, -0.05) is 0 Å². The summed E-state index contributed by atoms with van der Waals surface area (Å²) in [5, 5.41) is 0. The van der Waals surface area contributed by atoms with Crippen LogP contribution in [0.1, 0.15) is 16.8 Å². The highest BCUT2D eigenvalue weighted by atomic mass is 16.6. The van der Waals surface area contributed by atoms with E-state index in [0.717, 1.165) is 4.90 Å². The first-order chi connectivity index (χ1) is 9.66. The molecule has 0 N–H and O–H groups in total.